The van der Waals surface area contributed by atoms with E-state index in [0.717, 1.165) is 11.1 Å². The zero-order valence-corrected chi connectivity index (χ0v) is 8.74. The lowest BCUT2D eigenvalue weighted by Crippen LogP contribution is -1.99. The number of nitrogens with zero attached hydrogens (tertiary/aromatic N) is 2. The molecule has 0 aliphatic rings. The number of thiophene rings is 1. The fraction of sp³-hybridized carbons (Fsp3) is 0.222. The molecular formula is C9H8N2O3S. The van der Waals surface area contributed by atoms with Gasteiger partial charge in [0.15, 0.2) is 0 Å². The number of carbonyl (C=O) groups is 1. The third kappa shape index (κ3) is 2.04. The van der Waals surface area contributed by atoms with Crippen LogP contribution in [0.15, 0.2) is 15.3 Å². The lowest BCUT2D eigenvalue weighted by atomic mass is 10.2. The van der Waals surface area contributed by atoms with Crippen LogP contribution in [0.1, 0.15) is 11.5 Å². The maximum Gasteiger partial charge on any atom is 0.312 e. The molecule has 2 rings (SSSR count). The van der Waals surface area contributed by atoms with Crippen LogP contribution in [0.4, 0.5) is 0 Å². The third-order valence-corrected chi connectivity index (χ3v) is 2.73. The number of aromatic nitrogens is 2. The molecule has 0 amide bonds. The molecule has 0 aromatic carbocycles. The molecule has 0 bridgehead atoms. The zero-order chi connectivity index (χ0) is 10.8. The first kappa shape index (κ1) is 9.85. The van der Waals surface area contributed by atoms with Crippen molar-refractivity contribution in [3.05, 3.63) is 22.2 Å². The Hall–Kier alpha value is -1.69. The normalized spacial score (nSPS) is 10.5. The Balaban J connectivity index is 2.28. The van der Waals surface area contributed by atoms with Gasteiger partial charge in [-0.3, -0.25) is 4.79 Å². The van der Waals surface area contributed by atoms with Crippen LogP contribution < -0.4 is 0 Å². The number of carboxylic acid groups (broad SMARTS) is 1. The molecule has 6 heteroatoms. The average molecular weight is 224 g/mol. The monoisotopic (exact) mass is 224 g/mol. The van der Waals surface area contributed by atoms with Crippen molar-refractivity contribution in [1.29, 1.82) is 0 Å². The number of carboxylic acids is 1. The number of aryl methyl sites for hydroxylation is 1. The van der Waals surface area contributed by atoms with E-state index in [1.165, 1.54) is 0 Å². The van der Waals surface area contributed by atoms with Crippen molar-refractivity contribution in [1.82, 2.24) is 10.1 Å². The quantitative estimate of drug-likeness (QED) is 0.859. The van der Waals surface area contributed by atoms with Gasteiger partial charge in [-0.25, -0.2) is 0 Å². The molecule has 5 nitrogen and oxygen atoms in total. The van der Waals surface area contributed by atoms with Crippen LogP contribution in [0.3, 0.4) is 0 Å². The number of hydrogen-bond acceptors (Lipinski definition) is 5. The van der Waals surface area contributed by atoms with Crippen LogP contribution in [-0.2, 0) is 11.2 Å². The molecule has 78 valence electrons. The van der Waals surface area contributed by atoms with Crippen molar-refractivity contribution in [2.24, 2.45) is 0 Å². The van der Waals surface area contributed by atoms with Crippen LogP contribution in [0.25, 0.3) is 11.4 Å². The van der Waals surface area contributed by atoms with Crippen LogP contribution in [0, 0.1) is 6.92 Å². The molecule has 0 saturated heterocycles. The van der Waals surface area contributed by atoms with Gasteiger partial charge in [-0.05, 0) is 17.9 Å². The van der Waals surface area contributed by atoms with Crippen molar-refractivity contribution in [3.8, 4) is 11.4 Å². The minimum atomic E-state index is -0.979. The summed E-state index contributed by atoms with van der Waals surface area (Å²) in [4.78, 5) is 14.4. The lowest BCUT2D eigenvalue weighted by molar-refractivity contribution is -0.136. The van der Waals surface area contributed by atoms with Gasteiger partial charge in [0.1, 0.15) is 6.42 Å². The van der Waals surface area contributed by atoms with Crippen LogP contribution >= 0.6 is 11.3 Å². The minimum absolute atomic E-state index is 0.128. The highest BCUT2D eigenvalue weighted by atomic mass is 32.1. The molecule has 0 fully saturated rings. The van der Waals surface area contributed by atoms with Crippen molar-refractivity contribution in [2.75, 3.05) is 0 Å². The van der Waals surface area contributed by atoms with Gasteiger partial charge in [-0.2, -0.15) is 16.3 Å². The Bertz CT molecular complexity index is 489. The number of hydrogen-bond donors (Lipinski definition) is 1. The van der Waals surface area contributed by atoms with Crippen molar-refractivity contribution >= 4 is 17.3 Å². The van der Waals surface area contributed by atoms with Gasteiger partial charge >= 0.3 is 5.97 Å². The van der Waals surface area contributed by atoms with Crippen molar-refractivity contribution < 1.29 is 14.4 Å². The fourth-order valence-electron chi connectivity index (χ4n) is 1.16. The maximum atomic E-state index is 10.4. The predicted molar refractivity (Wildman–Crippen MR) is 53.7 cm³/mol. The van der Waals surface area contributed by atoms with E-state index in [9.17, 15) is 4.79 Å². The molecule has 0 aliphatic carbocycles. The molecule has 0 atom stereocenters. The first-order valence-electron chi connectivity index (χ1n) is 4.24. The second kappa shape index (κ2) is 3.82. The third-order valence-electron chi connectivity index (χ3n) is 1.87. The summed E-state index contributed by atoms with van der Waals surface area (Å²) in [6.07, 6.45) is -0.240. The molecular weight excluding hydrogens is 216 g/mol. The Labute approximate surface area is 89.4 Å². The van der Waals surface area contributed by atoms with Gasteiger partial charge in [0.2, 0.25) is 11.7 Å². The summed E-state index contributed by atoms with van der Waals surface area (Å²) in [5.41, 5.74) is 1.95. The van der Waals surface area contributed by atoms with E-state index in [1.54, 1.807) is 11.3 Å². The highest BCUT2D eigenvalue weighted by Crippen LogP contribution is 2.23. The molecule has 15 heavy (non-hydrogen) atoms. The fourth-order valence-corrected chi connectivity index (χ4v) is 1.98. The predicted octanol–water partition coefficient (Wildman–Crippen LogP) is 1.73. The molecule has 0 unspecified atom stereocenters. The molecule has 2 heterocycles. The molecule has 0 saturated carbocycles. The van der Waals surface area contributed by atoms with Gasteiger partial charge < -0.3 is 9.63 Å². The maximum absolute atomic E-state index is 10.4. The van der Waals surface area contributed by atoms with Gasteiger partial charge in [0.05, 0.1) is 0 Å². The molecule has 0 radical (unpaired) electrons. The van der Waals surface area contributed by atoms with Gasteiger partial charge in [-0.15, -0.1) is 0 Å². The standard InChI is InChI=1S/C9H8N2O3S/c1-5-3-15-4-6(5)9-10-7(14-11-9)2-8(12)13/h3-4H,2H2,1H3,(H,12,13). The topological polar surface area (TPSA) is 76.2 Å². The van der Waals surface area contributed by atoms with E-state index in [0.29, 0.717) is 5.82 Å². The lowest BCUT2D eigenvalue weighted by Gasteiger charge is -1.88. The highest BCUT2D eigenvalue weighted by molar-refractivity contribution is 7.08. The Morgan fingerprint density at radius 3 is 3.00 bits per heavy atom. The minimum Gasteiger partial charge on any atom is -0.481 e. The van der Waals surface area contributed by atoms with Gasteiger partial charge in [-0.1, -0.05) is 5.16 Å². The molecule has 2 aromatic rings. The first-order valence-corrected chi connectivity index (χ1v) is 5.18. The summed E-state index contributed by atoms with van der Waals surface area (Å²) in [6, 6.07) is 0. The van der Waals surface area contributed by atoms with E-state index in [4.69, 9.17) is 9.63 Å². The summed E-state index contributed by atoms with van der Waals surface area (Å²) in [6.45, 7) is 1.94. The molecule has 2 aromatic heterocycles. The second-order valence-electron chi connectivity index (χ2n) is 3.05. The van der Waals surface area contributed by atoms with Crippen LogP contribution in [0.5, 0.6) is 0 Å². The average Bonchev–Trinajstić information content (AvgIpc) is 2.72. The summed E-state index contributed by atoms with van der Waals surface area (Å²) < 4.78 is 4.82. The smallest absolute Gasteiger partial charge is 0.312 e. The van der Waals surface area contributed by atoms with Gasteiger partial charge in [0, 0.05) is 10.9 Å². The Morgan fingerprint density at radius 1 is 1.60 bits per heavy atom. The number of rotatable bonds is 3. The van der Waals surface area contributed by atoms with E-state index >= 15 is 0 Å². The summed E-state index contributed by atoms with van der Waals surface area (Å²) in [7, 11) is 0. The molecule has 1 N–H and O–H groups in total. The van der Waals surface area contributed by atoms with E-state index in [2.05, 4.69) is 10.1 Å². The SMILES string of the molecule is Cc1cscc1-c1noc(CC(=O)O)n1. The van der Waals surface area contributed by atoms with E-state index in [-0.39, 0.29) is 12.3 Å². The second-order valence-corrected chi connectivity index (χ2v) is 3.79. The van der Waals surface area contributed by atoms with Crippen LogP contribution in [-0.4, -0.2) is 21.2 Å². The Kier molecular flexibility index (Phi) is 2.51. The summed E-state index contributed by atoms with van der Waals surface area (Å²) >= 11 is 1.55. The Morgan fingerprint density at radius 2 is 2.40 bits per heavy atom. The molecule has 0 spiro atoms. The van der Waals surface area contributed by atoms with Crippen molar-refractivity contribution in [3.63, 3.8) is 0 Å². The summed E-state index contributed by atoms with van der Waals surface area (Å²) in [5, 5.41) is 16.1. The zero-order valence-electron chi connectivity index (χ0n) is 7.93. The van der Waals surface area contributed by atoms with E-state index in [1.807, 2.05) is 17.7 Å². The van der Waals surface area contributed by atoms with Gasteiger partial charge in [0.25, 0.3) is 0 Å². The van der Waals surface area contributed by atoms with Crippen molar-refractivity contribution in [2.45, 2.75) is 13.3 Å². The highest BCUT2D eigenvalue weighted by Gasteiger charge is 2.13. The molecule has 0 aliphatic heterocycles. The first-order chi connectivity index (χ1) is 7.16. The largest absolute Gasteiger partial charge is 0.481 e. The van der Waals surface area contributed by atoms with E-state index < -0.39 is 5.97 Å². The van der Waals surface area contributed by atoms with Crippen LogP contribution in [0.2, 0.25) is 0 Å². The number of aliphatic carboxylic acids is 1. The summed E-state index contributed by atoms with van der Waals surface area (Å²) in [5.74, 6) is -0.402.